The van der Waals surface area contributed by atoms with E-state index in [1.807, 2.05) is 7.05 Å². The van der Waals surface area contributed by atoms with E-state index < -0.39 is 0 Å². The van der Waals surface area contributed by atoms with Gasteiger partial charge in [0.2, 0.25) is 0 Å². The van der Waals surface area contributed by atoms with E-state index in [9.17, 15) is 9.50 Å². The summed E-state index contributed by atoms with van der Waals surface area (Å²) in [4.78, 5) is 2.07. The van der Waals surface area contributed by atoms with Crippen LogP contribution in [0.5, 0.6) is 11.5 Å². The minimum Gasteiger partial charge on any atom is -0.504 e. The molecule has 0 saturated carbocycles. The molecule has 2 unspecified atom stereocenters. The number of ether oxygens (including phenoxy) is 1. The third kappa shape index (κ3) is 2.28. The van der Waals surface area contributed by atoms with Crippen LogP contribution in [0.4, 0.5) is 4.39 Å². The Hall–Kier alpha value is -1.33. The first kappa shape index (κ1) is 13.1. The molecule has 0 radical (unpaired) electrons. The number of methoxy groups -OCH3 is 1. The van der Waals surface area contributed by atoms with Crippen molar-refractivity contribution in [3.63, 3.8) is 0 Å². The van der Waals surface area contributed by atoms with Gasteiger partial charge in [0.15, 0.2) is 11.5 Å². The van der Waals surface area contributed by atoms with Crippen LogP contribution in [0.25, 0.3) is 0 Å². The maximum absolute atomic E-state index is 14.0. The Morgan fingerprint density at radius 1 is 1.56 bits per heavy atom. The number of likely N-dealkylation sites (tertiary alicyclic amines) is 1. The van der Waals surface area contributed by atoms with Gasteiger partial charge in [0, 0.05) is 24.2 Å². The van der Waals surface area contributed by atoms with Crippen molar-refractivity contribution in [3.8, 4) is 11.5 Å². The van der Waals surface area contributed by atoms with Crippen LogP contribution < -0.4 is 10.5 Å². The summed E-state index contributed by atoms with van der Waals surface area (Å²) in [7, 11) is 3.35. The molecule has 1 aromatic rings. The molecule has 0 spiro atoms. The van der Waals surface area contributed by atoms with Gasteiger partial charge in [0.1, 0.15) is 5.82 Å². The standard InChI is InChI=1S/C13H19FN2O2/c1-16-7-8(6-15)3-11(16)9-4-12(17)13(18-2)5-10(9)14/h4-5,8,11,17H,3,6-7,15H2,1-2H3. The van der Waals surface area contributed by atoms with Crippen molar-refractivity contribution in [3.05, 3.63) is 23.5 Å². The highest BCUT2D eigenvalue weighted by Gasteiger charge is 2.32. The normalized spacial score (nSPS) is 24.4. The molecule has 1 aromatic carbocycles. The number of phenols is 1. The molecule has 0 aromatic heterocycles. The fourth-order valence-electron chi connectivity index (χ4n) is 2.62. The molecular formula is C13H19FN2O2. The summed E-state index contributed by atoms with van der Waals surface area (Å²) in [5, 5.41) is 9.75. The SMILES string of the molecule is COc1cc(F)c(C2CC(CN)CN2C)cc1O. The van der Waals surface area contributed by atoms with Crippen LogP contribution >= 0.6 is 0 Å². The van der Waals surface area contributed by atoms with Gasteiger partial charge < -0.3 is 15.6 Å². The zero-order chi connectivity index (χ0) is 13.3. The highest BCUT2D eigenvalue weighted by Crippen LogP contribution is 2.39. The Bertz CT molecular complexity index is 439. The highest BCUT2D eigenvalue weighted by atomic mass is 19.1. The highest BCUT2D eigenvalue weighted by molar-refractivity contribution is 5.43. The first-order chi connectivity index (χ1) is 8.56. The number of hydrogen-bond donors (Lipinski definition) is 2. The summed E-state index contributed by atoms with van der Waals surface area (Å²) in [5.41, 5.74) is 6.17. The van der Waals surface area contributed by atoms with Crippen molar-refractivity contribution in [2.75, 3.05) is 27.2 Å². The molecule has 0 amide bonds. The van der Waals surface area contributed by atoms with E-state index in [1.165, 1.54) is 19.2 Å². The first-order valence-electron chi connectivity index (χ1n) is 6.03. The number of nitrogens with zero attached hydrogens (tertiary/aromatic N) is 1. The molecule has 4 nitrogen and oxygen atoms in total. The van der Waals surface area contributed by atoms with Crippen LogP contribution in [0.15, 0.2) is 12.1 Å². The molecule has 2 atom stereocenters. The Kier molecular flexibility index (Phi) is 3.73. The van der Waals surface area contributed by atoms with Gasteiger partial charge in [-0.2, -0.15) is 0 Å². The fourth-order valence-corrected chi connectivity index (χ4v) is 2.62. The quantitative estimate of drug-likeness (QED) is 0.858. The summed E-state index contributed by atoms with van der Waals surface area (Å²) in [5.74, 6) is 0.161. The first-order valence-corrected chi connectivity index (χ1v) is 6.03. The molecule has 5 heteroatoms. The Morgan fingerprint density at radius 2 is 2.28 bits per heavy atom. The summed E-state index contributed by atoms with van der Waals surface area (Å²) in [6.45, 7) is 1.46. The molecule has 1 aliphatic heterocycles. The lowest BCUT2D eigenvalue weighted by atomic mass is 9.99. The number of hydrogen-bond acceptors (Lipinski definition) is 4. The van der Waals surface area contributed by atoms with Gasteiger partial charge in [0.05, 0.1) is 7.11 Å². The monoisotopic (exact) mass is 254 g/mol. The lowest BCUT2D eigenvalue weighted by Crippen LogP contribution is -2.21. The van der Waals surface area contributed by atoms with E-state index in [1.54, 1.807) is 0 Å². The second kappa shape index (κ2) is 5.12. The van der Waals surface area contributed by atoms with Gasteiger partial charge in [-0.05, 0) is 32.0 Å². The number of aromatic hydroxyl groups is 1. The van der Waals surface area contributed by atoms with E-state index in [0.717, 1.165) is 13.0 Å². The second-order valence-corrected chi connectivity index (χ2v) is 4.84. The van der Waals surface area contributed by atoms with Gasteiger partial charge in [-0.25, -0.2) is 4.39 Å². The molecule has 18 heavy (non-hydrogen) atoms. The third-order valence-electron chi connectivity index (χ3n) is 3.63. The van der Waals surface area contributed by atoms with Crippen LogP contribution in [0.3, 0.4) is 0 Å². The summed E-state index contributed by atoms with van der Waals surface area (Å²) in [6.07, 6.45) is 0.815. The van der Waals surface area contributed by atoms with Crippen LogP contribution in [-0.4, -0.2) is 37.3 Å². The molecule has 2 rings (SSSR count). The maximum Gasteiger partial charge on any atom is 0.163 e. The predicted octanol–water partition coefficient (Wildman–Crippen LogP) is 1.49. The number of benzene rings is 1. The van der Waals surface area contributed by atoms with Crippen molar-refractivity contribution >= 4 is 0 Å². The van der Waals surface area contributed by atoms with Gasteiger partial charge in [-0.1, -0.05) is 0 Å². The number of rotatable bonds is 3. The average molecular weight is 254 g/mol. The van der Waals surface area contributed by atoms with Crippen LogP contribution in [-0.2, 0) is 0 Å². The smallest absolute Gasteiger partial charge is 0.163 e. The van der Waals surface area contributed by atoms with Gasteiger partial charge >= 0.3 is 0 Å². The number of phenolic OH excluding ortho intramolecular Hbond substituents is 1. The van der Waals surface area contributed by atoms with Crippen molar-refractivity contribution in [2.24, 2.45) is 11.7 Å². The molecular weight excluding hydrogens is 235 g/mol. The van der Waals surface area contributed by atoms with E-state index in [2.05, 4.69) is 4.90 Å². The summed E-state index contributed by atoms with van der Waals surface area (Å²) < 4.78 is 18.9. The molecule has 3 N–H and O–H groups in total. The molecule has 0 aliphatic carbocycles. The zero-order valence-corrected chi connectivity index (χ0v) is 10.7. The molecule has 0 bridgehead atoms. The van der Waals surface area contributed by atoms with E-state index in [0.29, 0.717) is 18.0 Å². The molecule has 1 fully saturated rings. The Labute approximate surface area is 106 Å². The van der Waals surface area contributed by atoms with Crippen molar-refractivity contribution in [2.45, 2.75) is 12.5 Å². The van der Waals surface area contributed by atoms with Crippen LogP contribution in [0.2, 0.25) is 0 Å². The molecule has 1 saturated heterocycles. The lowest BCUT2D eigenvalue weighted by Gasteiger charge is -2.20. The maximum atomic E-state index is 14.0. The van der Waals surface area contributed by atoms with Crippen molar-refractivity contribution in [1.82, 2.24) is 4.90 Å². The van der Waals surface area contributed by atoms with Gasteiger partial charge in [0.25, 0.3) is 0 Å². The van der Waals surface area contributed by atoms with Gasteiger partial charge in [-0.3, -0.25) is 4.90 Å². The summed E-state index contributed by atoms with van der Waals surface area (Å²) >= 11 is 0. The topological polar surface area (TPSA) is 58.7 Å². The minimum absolute atomic E-state index is 0.0292. The van der Waals surface area contributed by atoms with Crippen LogP contribution in [0.1, 0.15) is 18.0 Å². The third-order valence-corrected chi connectivity index (χ3v) is 3.63. The van der Waals surface area contributed by atoms with Crippen molar-refractivity contribution < 1.29 is 14.2 Å². The Morgan fingerprint density at radius 3 is 2.83 bits per heavy atom. The summed E-state index contributed by atoms with van der Waals surface area (Å²) in [6, 6.07) is 2.65. The van der Waals surface area contributed by atoms with E-state index >= 15 is 0 Å². The largest absolute Gasteiger partial charge is 0.504 e. The van der Waals surface area contributed by atoms with E-state index in [-0.39, 0.29) is 23.4 Å². The number of nitrogens with two attached hydrogens (primary N) is 1. The van der Waals surface area contributed by atoms with Gasteiger partial charge in [-0.15, -0.1) is 0 Å². The molecule has 1 aliphatic rings. The average Bonchev–Trinajstić information content (AvgIpc) is 2.73. The predicted molar refractivity (Wildman–Crippen MR) is 67.1 cm³/mol. The van der Waals surface area contributed by atoms with Crippen LogP contribution in [0, 0.1) is 11.7 Å². The molecule has 1 heterocycles. The molecule has 100 valence electrons. The zero-order valence-electron chi connectivity index (χ0n) is 10.7. The Balaban J connectivity index is 2.31. The fraction of sp³-hybridized carbons (Fsp3) is 0.538. The second-order valence-electron chi connectivity index (χ2n) is 4.84. The lowest BCUT2D eigenvalue weighted by molar-refractivity contribution is 0.303. The van der Waals surface area contributed by atoms with E-state index in [4.69, 9.17) is 10.5 Å². The minimum atomic E-state index is -0.348. The van der Waals surface area contributed by atoms with Crippen molar-refractivity contribution in [1.29, 1.82) is 0 Å². The number of halogens is 1.